The van der Waals surface area contributed by atoms with E-state index >= 15 is 0 Å². The highest BCUT2D eigenvalue weighted by Crippen LogP contribution is 2.23. The number of aromatic nitrogens is 2. The van der Waals surface area contributed by atoms with Gasteiger partial charge in [-0.2, -0.15) is 10.2 Å². The molecule has 1 saturated carbocycles. The monoisotopic (exact) mass is 234 g/mol. The topological polar surface area (TPSA) is 80.9 Å². The van der Waals surface area contributed by atoms with Crippen LogP contribution in [0.1, 0.15) is 31.4 Å². The average molecular weight is 234 g/mol. The molecule has 0 radical (unpaired) electrons. The van der Waals surface area contributed by atoms with Crippen molar-refractivity contribution >= 4 is 5.91 Å². The molecule has 1 fully saturated rings. The molecular weight excluding hydrogens is 216 g/mol. The van der Waals surface area contributed by atoms with Crippen molar-refractivity contribution in [1.82, 2.24) is 15.5 Å². The molecule has 5 heteroatoms. The zero-order valence-corrected chi connectivity index (χ0v) is 9.80. The molecule has 92 valence electrons. The van der Waals surface area contributed by atoms with Gasteiger partial charge in [0.25, 0.3) is 0 Å². The minimum Gasteiger partial charge on any atom is -0.350 e. The zero-order valence-electron chi connectivity index (χ0n) is 9.80. The van der Waals surface area contributed by atoms with Crippen molar-refractivity contribution in [1.29, 1.82) is 0 Å². The standard InChI is InChI=1S/C12H18N4O/c13-10-4-1-3-9(7-10)12(17)14-8-11-5-2-6-15-16-11/h2,5-6,9-10H,1,3-4,7-8,13H2,(H,14,17). The fourth-order valence-corrected chi connectivity index (χ4v) is 2.22. The summed E-state index contributed by atoms with van der Waals surface area (Å²) in [5, 5.41) is 10.6. The summed E-state index contributed by atoms with van der Waals surface area (Å²) >= 11 is 0. The Labute approximate surface area is 101 Å². The quantitative estimate of drug-likeness (QED) is 0.803. The van der Waals surface area contributed by atoms with Crippen LogP contribution in [0.5, 0.6) is 0 Å². The lowest BCUT2D eigenvalue weighted by atomic mass is 9.85. The van der Waals surface area contributed by atoms with Gasteiger partial charge in [-0.25, -0.2) is 0 Å². The van der Waals surface area contributed by atoms with Gasteiger partial charge in [0.05, 0.1) is 12.2 Å². The van der Waals surface area contributed by atoms with E-state index in [0.717, 1.165) is 31.4 Å². The second-order valence-corrected chi connectivity index (χ2v) is 4.56. The van der Waals surface area contributed by atoms with E-state index in [2.05, 4.69) is 15.5 Å². The number of nitrogens with two attached hydrogens (primary N) is 1. The molecule has 0 aliphatic heterocycles. The van der Waals surface area contributed by atoms with Crippen LogP contribution in [-0.2, 0) is 11.3 Å². The molecule has 1 aliphatic rings. The van der Waals surface area contributed by atoms with Crippen LogP contribution in [0.4, 0.5) is 0 Å². The minimum atomic E-state index is 0.0652. The van der Waals surface area contributed by atoms with Crippen molar-refractivity contribution in [3.05, 3.63) is 24.0 Å². The molecule has 1 heterocycles. The molecule has 2 atom stereocenters. The van der Waals surface area contributed by atoms with Gasteiger partial charge < -0.3 is 11.1 Å². The predicted octanol–water partition coefficient (Wildman–Crippen LogP) is 0.610. The van der Waals surface area contributed by atoms with Crippen molar-refractivity contribution in [2.75, 3.05) is 0 Å². The minimum absolute atomic E-state index is 0.0652. The summed E-state index contributed by atoms with van der Waals surface area (Å²) in [6, 6.07) is 3.83. The number of rotatable bonds is 3. The molecule has 1 aromatic heterocycles. The molecular formula is C12H18N4O. The lowest BCUT2D eigenvalue weighted by Gasteiger charge is -2.25. The Morgan fingerprint density at radius 3 is 3.12 bits per heavy atom. The Morgan fingerprint density at radius 2 is 2.41 bits per heavy atom. The summed E-state index contributed by atoms with van der Waals surface area (Å²) in [6.07, 6.45) is 5.44. The van der Waals surface area contributed by atoms with Crippen LogP contribution in [0.3, 0.4) is 0 Å². The fourth-order valence-electron chi connectivity index (χ4n) is 2.22. The van der Waals surface area contributed by atoms with Gasteiger partial charge in [0, 0.05) is 18.2 Å². The Balaban J connectivity index is 1.81. The van der Waals surface area contributed by atoms with Crippen LogP contribution in [-0.4, -0.2) is 22.1 Å². The Kier molecular flexibility index (Phi) is 4.03. The first-order chi connectivity index (χ1) is 8.25. The lowest BCUT2D eigenvalue weighted by molar-refractivity contribution is -0.126. The number of carbonyl (C=O) groups excluding carboxylic acids is 1. The predicted molar refractivity (Wildman–Crippen MR) is 63.8 cm³/mol. The molecule has 3 N–H and O–H groups in total. The smallest absolute Gasteiger partial charge is 0.223 e. The molecule has 0 aromatic carbocycles. The lowest BCUT2D eigenvalue weighted by Crippen LogP contribution is -2.37. The molecule has 1 aliphatic carbocycles. The first kappa shape index (κ1) is 12.0. The highest BCUT2D eigenvalue weighted by molar-refractivity contribution is 5.78. The number of hydrogen-bond acceptors (Lipinski definition) is 4. The summed E-state index contributed by atoms with van der Waals surface area (Å²) in [4.78, 5) is 11.9. The van der Waals surface area contributed by atoms with Crippen LogP contribution < -0.4 is 11.1 Å². The molecule has 17 heavy (non-hydrogen) atoms. The SMILES string of the molecule is NC1CCCC(C(=O)NCc2cccnn2)C1. The summed E-state index contributed by atoms with van der Waals surface area (Å²) in [6.45, 7) is 0.443. The van der Waals surface area contributed by atoms with Gasteiger partial charge in [0.15, 0.2) is 0 Å². The third kappa shape index (κ3) is 3.49. The third-order valence-electron chi connectivity index (χ3n) is 3.16. The highest BCUT2D eigenvalue weighted by atomic mass is 16.1. The molecule has 0 spiro atoms. The maximum Gasteiger partial charge on any atom is 0.223 e. The first-order valence-corrected chi connectivity index (χ1v) is 6.05. The number of nitrogens with one attached hydrogen (secondary N) is 1. The van der Waals surface area contributed by atoms with Gasteiger partial charge >= 0.3 is 0 Å². The average Bonchev–Trinajstić information content (AvgIpc) is 2.37. The summed E-state index contributed by atoms with van der Waals surface area (Å²) in [5.41, 5.74) is 6.65. The maximum absolute atomic E-state index is 11.9. The third-order valence-corrected chi connectivity index (χ3v) is 3.16. The zero-order chi connectivity index (χ0) is 12.1. The van der Waals surface area contributed by atoms with Gasteiger partial charge in [0.2, 0.25) is 5.91 Å². The van der Waals surface area contributed by atoms with E-state index in [0.29, 0.717) is 6.54 Å². The second kappa shape index (κ2) is 5.72. The van der Waals surface area contributed by atoms with E-state index in [4.69, 9.17) is 5.73 Å². The van der Waals surface area contributed by atoms with Crippen molar-refractivity contribution in [3.8, 4) is 0 Å². The van der Waals surface area contributed by atoms with E-state index < -0.39 is 0 Å². The van der Waals surface area contributed by atoms with Gasteiger partial charge in [-0.1, -0.05) is 6.42 Å². The van der Waals surface area contributed by atoms with Crippen LogP contribution in [0.2, 0.25) is 0 Å². The molecule has 1 amide bonds. The first-order valence-electron chi connectivity index (χ1n) is 6.05. The Bertz CT molecular complexity index is 368. The summed E-state index contributed by atoms with van der Waals surface area (Å²) < 4.78 is 0. The van der Waals surface area contributed by atoms with Crippen molar-refractivity contribution in [2.45, 2.75) is 38.3 Å². The Morgan fingerprint density at radius 1 is 1.53 bits per heavy atom. The van der Waals surface area contributed by atoms with Crippen molar-refractivity contribution in [3.63, 3.8) is 0 Å². The fraction of sp³-hybridized carbons (Fsp3) is 0.583. The van der Waals surface area contributed by atoms with Crippen LogP contribution in [0, 0.1) is 5.92 Å². The highest BCUT2D eigenvalue weighted by Gasteiger charge is 2.24. The van der Waals surface area contributed by atoms with Crippen LogP contribution in [0.15, 0.2) is 18.3 Å². The molecule has 2 unspecified atom stereocenters. The number of amides is 1. The largest absolute Gasteiger partial charge is 0.350 e. The second-order valence-electron chi connectivity index (χ2n) is 4.56. The number of nitrogens with zero attached hydrogens (tertiary/aromatic N) is 2. The van der Waals surface area contributed by atoms with E-state index in [1.165, 1.54) is 0 Å². The van der Waals surface area contributed by atoms with Gasteiger partial charge in [-0.05, 0) is 31.4 Å². The molecule has 1 aromatic rings. The molecule has 0 saturated heterocycles. The normalized spacial score (nSPS) is 24.3. The van der Waals surface area contributed by atoms with E-state index in [1.54, 1.807) is 6.20 Å². The maximum atomic E-state index is 11.9. The molecule has 5 nitrogen and oxygen atoms in total. The van der Waals surface area contributed by atoms with Gasteiger partial charge in [0.1, 0.15) is 0 Å². The molecule has 0 bridgehead atoms. The van der Waals surface area contributed by atoms with E-state index in [1.807, 2.05) is 12.1 Å². The molecule has 2 rings (SSSR count). The summed E-state index contributed by atoms with van der Waals surface area (Å²) in [7, 11) is 0. The van der Waals surface area contributed by atoms with Gasteiger partial charge in [-0.3, -0.25) is 4.79 Å². The van der Waals surface area contributed by atoms with Crippen molar-refractivity contribution in [2.24, 2.45) is 11.7 Å². The number of hydrogen-bond donors (Lipinski definition) is 2. The summed E-state index contributed by atoms with van der Waals surface area (Å²) in [5.74, 6) is 0.154. The van der Waals surface area contributed by atoms with E-state index in [9.17, 15) is 4.79 Å². The van der Waals surface area contributed by atoms with Crippen LogP contribution >= 0.6 is 0 Å². The number of carbonyl (C=O) groups is 1. The van der Waals surface area contributed by atoms with Gasteiger partial charge in [-0.15, -0.1) is 0 Å². The van der Waals surface area contributed by atoms with Crippen LogP contribution in [0.25, 0.3) is 0 Å². The van der Waals surface area contributed by atoms with Crippen molar-refractivity contribution < 1.29 is 4.79 Å². The Hall–Kier alpha value is -1.49. The van der Waals surface area contributed by atoms with E-state index in [-0.39, 0.29) is 17.9 Å².